The van der Waals surface area contributed by atoms with Gasteiger partial charge in [-0.1, -0.05) is 133 Å². The van der Waals surface area contributed by atoms with Crippen molar-refractivity contribution in [2.24, 2.45) is 11.8 Å². The molecule has 0 saturated heterocycles. The molecular formula is C50H50IrNO2-. The zero-order chi connectivity index (χ0) is 37.5. The molecule has 1 aromatic heterocycles. The van der Waals surface area contributed by atoms with Gasteiger partial charge in [-0.15, -0.1) is 34.9 Å². The van der Waals surface area contributed by atoms with Crippen LogP contribution in [0.1, 0.15) is 64.5 Å². The molecule has 4 heteroatoms. The summed E-state index contributed by atoms with van der Waals surface area (Å²) in [6.45, 7) is 12.3. The summed E-state index contributed by atoms with van der Waals surface area (Å²) in [6.07, 6.45) is 6.82. The Hall–Kier alpha value is -4.89. The van der Waals surface area contributed by atoms with Crippen molar-refractivity contribution in [2.45, 2.75) is 67.2 Å². The van der Waals surface area contributed by atoms with Crippen LogP contribution in [0.2, 0.25) is 0 Å². The van der Waals surface area contributed by atoms with Gasteiger partial charge in [0.25, 0.3) is 0 Å². The Kier molecular flexibility index (Phi) is 13.8. The van der Waals surface area contributed by atoms with Crippen LogP contribution in [0.5, 0.6) is 0 Å². The number of carbonyl (C=O) groups is 1. The van der Waals surface area contributed by atoms with E-state index in [-0.39, 0.29) is 43.5 Å². The average Bonchev–Trinajstić information content (AvgIpc) is 3.18. The van der Waals surface area contributed by atoms with Gasteiger partial charge in [-0.2, -0.15) is 0 Å². The number of aliphatic hydroxyl groups is 1. The minimum atomic E-state index is 0. The maximum Gasteiger partial charge on any atom is 0.162 e. The Morgan fingerprint density at radius 1 is 0.611 bits per heavy atom. The van der Waals surface area contributed by atoms with Crippen LogP contribution < -0.4 is 0 Å². The molecule has 0 saturated carbocycles. The molecule has 54 heavy (non-hydrogen) atoms. The first-order chi connectivity index (χ1) is 25.8. The molecule has 0 fully saturated rings. The summed E-state index contributed by atoms with van der Waals surface area (Å²) in [5.74, 6) is 0.547. The minimum absolute atomic E-state index is 0. The second-order valence-corrected chi connectivity index (χ2v) is 14.1. The zero-order valence-electron chi connectivity index (χ0n) is 32.2. The summed E-state index contributed by atoms with van der Waals surface area (Å²) in [4.78, 5) is 16.4. The molecule has 1 radical (unpaired) electrons. The van der Waals surface area contributed by atoms with Crippen molar-refractivity contribution in [3.63, 3.8) is 0 Å². The Balaban J connectivity index is 0.000000301. The third-order valence-electron chi connectivity index (χ3n) is 10.6. The molecule has 0 spiro atoms. The third kappa shape index (κ3) is 8.73. The molecule has 3 nitrogen and oxygen atoms in total. The van der Waals surface area contributed by atoms with E-state index in [4.69, 9.17) is 4.98 Å². The van der Waals surface area contributed by atoms with Crippen LogP contribution in [0.25, 0.3) is 66.9 Å². The van der Waals surface area contributed by atoms with Crippen LogP contribution >= 0.6 is 0 Å². The molecule has 6 aromatic rings. The summed E-state index contributed by atoms with van der Waals surface area (Å²) >= 11 is 0. The quantitative estimate of drug-likeness (QED) is 0.0892. The predicted octanol–water partition coefficient (Wildman–Crippen LogP) is 13.7. The van der Waals surface area contributed by atoms with Crippen molar-refractivity contribution in [3.8, 4) is 66.9 Å². The van der Waals surface area contributed by atoms with Gasteiger partial charge in [-0.25, -0.2) is 0 Å². The Labute approximate surface area is 335 Å². The number of pyridine rings is 1. The summed E-state index contributed by atoms with van der Waals surface area (Å²) in [5, 5.41) is 9.76. The number of hydrogen-bond acceptors (Lipinski definition) is 3. The predicted molar refractivity (Wildman–Crippen MR) is 223 cm³/mol. The van der Waals surface area contributed by atoms with Gasteiger partial charge < -0.3 is 10.1 Å². The van der Waals surface area contributed by atoms with Crippen molar-refractivity contribution in [1.29, 1.82) is 0 Å². The number of carbonyl (C=O) groups excluding carboxylic acids is 1. The van der Waals surface area contributed by atoms with Crippen molar-refractivity contribution < 1.29 is 30.0 Å². The number of allylic oxidation sites excluding steroid dienone is 2. The van der Waals surface area contributed by atoms with Crippen LogP contribution in [0, 0.1) is 31.7 Å². The fourth-order valence-corrected chi connectivity index (χ4v) is 7.61. The van der Waals surface area contributed by atoms with E-state index in [0.717, 1.165) is 48.1 Å². The summed E-state index contributed by atoms with van der Waals surface area (Å²) in [7, 11) is 0. The number of ketones is 1. The molecule has 5 aromatic carbocycles. The molecule has 277 valence electrons. The van der Waals surface area contributed by atoms with Gasteiger partial charge in [-0.05, 0) is 99.1 Å². The molecule has 0 aliphatic heterocycles. The number of hydrogen-bond donors (Lipinski definition) is 1. The first-order valence-corrected chi connectivity index (χ1v) is 19.1. The van der Waals surface area contributed by atoms with Crippen molar-refractivity contribution in [2.75, 3.05) is 0 Å². The molecule has 0 atom stereocenters. The van der Waals surface area contributed by atoms with E-state index in [9.17, 15) is 9.90 Å². The molecular weight excluding hydrogens is 839 g/mol. The van der Waals surface area contributed by atoms with Gasteiger partial charge in [0.05, 0.1) is 5.76 Å². The van der Waals surface area contributed by atoms with Crippen LogP contribution in [0.15, 0.2) is 133 Å². The van der Waals surface area contributed by atoms with Crippen molar-refractivity contribution in [1.82, 2.24) is 4.98 Å². The second-order valence-electron chi connectivity index (χ2n) is 14.1. The average molecular weight is 889 g/mol. The van der Waals surface area contributed by atoms with Crippen LogP contribution in [0.4, 0.5) is 0 Å². The van der Waals surface area contributed by atoms with E-state index in [1.165, 1.54) is 61.7 Å². The normalized spacial score (nSPS) is 11.5. The molecule has 1 heterocycles. The van der Waals surface area contributed by atoms with E-state index < -0.39 is 0 Å². The maximum absolute atomic E-state index is 11.7. The van der Waals surface area contributed by atoms with E-state index in [2.05, 4.69) is 135 Å². The van der Waals surface area contributed by atoms with E-state index in [1.54, 1.807) is 0 Å². The molecule has 1 N–H and O–H groups in total. The molecule has 1 aliphatic rings. The number of benzene rings is 5. The third-order valence-corrected chi connectivity index (χ3v) is 10.6. The minimum Gasteiger partial charge on any atom is -0.512 e. The second kappa shape index (κ2) is 18.4. The van der Waals surface area contributed by atoms with Crippen molar-refractivity contribution in [3.05, 3.63) is 150 Å². The number of nitrogens with zero attached hydrogens (tertiary/aromatic N) is 1. The smallest absolute Gasteiger partial charge is 0.162 e. The van der Waals surface area contributed by atoms with Crippen molar-refractivity contribution >= 4 is 5.78 Å². The van der Waals surface area contributed by atoms with Gasteiger partial charge >= 0.3 is 0 Å². The van der Waals surface area contributed by atoms with Crippen LogP contribution in [-0.2, 0) is 24.9 Å². The Morgan fingerprint density at radius 3 is 1.56 bits per heavy atom. The molecule has 0 unspecified atom stereocenters. The first kappa shape index (κ1) is 40.3. The molecule has 7 rings (SSSR count). The SMILES string of the molecule is CCC(CC)C(=O)/C=C(\O)C(CC)CC.Cc1[c-]c(-c2cc(-c3ccc4c(c3)-c3ccccc3-c3ccccc3-c3ccccc3-4)ccn2)cc(C)c1.[Ir]. The van der Waals surface area contributed by atoms with E-state index in [1.807, 2.05) is 33.9 Å². The zero-order valence-corrected chi connectivity index (χ0v) is 34.6. The largest absolute Gasteiger partial charge is 0.512 e. The molecule has 1 aliphatic carbocycles. The number of aliphatic hydroxyl groups excluding tert-OH is 1. The van der Waals surface area contributed by atoms with Gasteiger partial charge in [0.15, 0.2) is 5.78 Å². The number of aryl methyl sites for hydroxylation is 2. The maximum atomic E-state index is 11.7. The summed E-state index contributed by atoms with van der Waals surface area (Å²) < 4.78 is 0. The number of rotatable bonds is 9. The van der Waals surface area contributed by atoms with E-state index >= 15 is 0 Å². The van der Waals surface area contributed by atoms with Crippen LogP contribution in [-0.4, -0.2) is 15.9 Å². The molecule has 0 amide bonds. The van der Waals surface area contributed by atoms with Crippen LogP contribution in [0.3, 0.4) is 0 Å². The number of aromatic nitrogens is 1. The Morgan fingerprint density at radius 2 is 1.07 bits per heavy atom. The van der Waals surface area contributed by atoms with Gasteiger partial charge in [0.1, 0.15) is 0 Å². The first-order valence-electron chi connectivity index (χ1n) is 19.1. The van der Waals surface area contributed by atoms with Gasteiger partial charge in [0, 0.05) is 44.2 Å². The monoisotopic (exact) mass is 889 g/mol. The standard InChI is InChI=1S/C37H26N.C13H24O2.Ir/c1-24-19-25(2)21-28(20-24)37-23-27(17-18-38-37)26-15-16-35-33-13-6-5-11-31(33)29-9-3-4-10-30(29)32-12-7-8-14-34(32)36(35)22-26;1-5-10(6-2)12(14)9-13(15)11(7-3)8-4;/h3-20,22-23H,1-2H3;9-11,14H,5-8H2,1-4H3;/q-1;;/b;12-9-;. The topological polar surface area (TPSA) is 50.2 Å². The molecule has 0 bridgehead atoms. The fraction of sp³-hybridized carbons (Fsp3) is 0.240. The Bertz CT molecular complexity index is 2230. The summed E-state index contributed by atoms with van der Waals surface area (Å²) in [6, 6.07) is 45.3. The summed E-state index contributed by atoms with van der Waals surface area (Å²) in [5.41, 5.74) is 16.7. The fourth-order valence-electron chi connectivity index (χ4n) is 7.61. The van der Waals surface area contributed by atoms with Gasteiger partial charge in [-0.3, -0.25) is 4.79 Å². The number of fused-ring (bicyclic) bond motifs is 8. The van der Waals surface area contributed by atoms with E-state index in [0.29, 0.717) is 0 Å². The van der Waals surface area contributed by atoms with Gasteiger partial charge in [0.2, 0.25) is 0 Å².